The third kappa shape index (κ3) is 2.28. The van der Waals surface area contributed by atoms with Crippen molar-refractivity contribution in [2.75, 3.05) is 24.6 Å². The molecule has 4 rings (SSSR count). The van der Waals surface area contributed by atoms with Crippen LogP contribution in [-0.4, -0.2) is 39.4 Å². The first-order chi connectivity index (χ1) is 10.3. The highest BCUT2D eigenvalue weighted by atomic mass is 32.1. The van der Waals surface area contributed by atoms with Crippen LogP contribution in [0.1, 0.15) is 11.9 Å². The lowest BCUT2D eigenvalue weighted by atomic mass is 10.2. The Labute approximate surface area is 126 Å². The van der Waals surface area contributed by atoms with Gasteiger partial charge in [-0.25, -0.2) is 4.98 Å². The minimum absolute atomic E-state index is 0.0572. The lowest BCUT2D eigenvalue weighted by molar-refractivity contribution is 0.0321. The van der Waals surface area contributed by atoms with Crippen LogP contribution in [0.2, 0.25) is 0 Å². The molecule has 2 aromatic heterocycles. The van der Waals surface area contributed by atoms with Gasteiger partial charge in [0.05, 0.1) is 23.4 Å². The normalized spacial score (nSPS) is 19.3. The second-order valence-corrected chi connectivity index (χ2v) is 6.08. The minimum atomic E-state index is -0.0572. The largest absolute Gasteiger partial charge is 0.366 e. The molecule has 3 aromatic rings. The summed E-state index contributed by atoms with van der Waals surface area (Å²) in [4.78, 5) is 6.99. The Balaban J connectivity index is 1.62. The molecule has 0 unspecified atom stereocenters. The van der Waals surface area contributed by atoms with E-state index in [1.165, 1.54) is 4.70 Å². The summed E-state index contributed by atoms with van der Waals surface area (Å²) in [5, 5.41) is 9.13. The zero-order valence-electron chi connectivity index (χ0n) is 11.6. The minimum Gasteiger partial charge on any atom is -0.366 e. The molecule has 1 atom stereocenters. The highest BCUT2D eigenvalue weighted by molar-refractivity contribution is 7.22. The van der Waals surface area contributed by atoms with Crippen molar-refractivity contribution in [2.45, 2.75) is 6.10 Å². The van der Waals surface area contributed by atoms with Crippen molar-refractivity contribution < 1.29 is 4.74 Å². The SMILES string of the molecule is Cn1cnnc1[C@@H]1CN(c2nc3ccccc3s2)CCO1. The van der Waals surface area contributed by atoms with Crippen molar-refractivity contribution in [3.05, 3.63) is 36.4 Å². The summed E-state index contributed by atoms with van der Waals surface area (Å²) in [6.45, 7) is 2.29. The summed E-state index contributed by atoms with van der Waals surface area (Å²) < 4.78 is 8.97. The number of fused-ring (bicyclic) bond motifs is 1. The van der Waals surface area contributed by atoms with Crippen molar-refractivity contribution >= 4 is 26.7 Å². The second kappa shape index (κ2) is 5.09. The van der Waals surface area contributed by atoms with E-state index in [1.54, 1.807) is 17.7 Å². The molecule has 3 heterocycles. The summed E-state index contributed by atoms with van der Waals surface area (Å²) in [6, 6.07) is 8.23. The van der Waals surface area contributed by atoms with E-state index in [-0.39, 0.29) is 6.10 Å². The number of nitrogens with zero attached hydrogens (tertiary/aromatic N) is 5. The van der Waals surface area contributed by atoms with Gasteiger partial charge in [-0.15, -0.1) is 10.2 Å². The summed E-state index contributed by atoms with van der Waals surface area (Å²) in [5.74, 6) is 0.862. The quantitative estimate of drug-likeness (QED) is 0.724. The number of ether oxygens (including phenoxy) is 1. The van der Waals surface area contributed by atoms with Crippen molar-refractivity contribution in [1.82, 2.24) is 19.7 Å². The van der Waals surface area contributed by atoms with Crippen molar-refractivity contribution in [2.24, 2.45) is 7.05 Å². The molecule has 1 saturated heterocycles. The molecule has 1 aliphatic heterocycles. The smallest absolute Gasteiger partial charge is 0.186 e. The van der Waals surface area contributed by atoms with Gasteiger partial charge in [-0.2, -0.15) is 0 Å². The fourth-order valence-corrected chi connectivity index (χ4v) is 3.56. The third-order valence-corrected chi connectivity index (χ3v) is 4.75. The Morgan fingerprint density at radius 1 is 1.33 bits per heavy atom. The van der Waals surface area contributed by atoms with Crippen molar-refractivity contribution in [3.63, 3.8) is 0 Å². The van der Waals surface area contributed by atoms with Gasteiger partial charge >= 0.3 is 0 Å². The van der Waals surface area contributed by atoms with E-state index >= 15 is 0 Å². The Morgan fingerprint density at radius 3 is 3.05 bits per heavy atom. The molecule has 1 fully saturated rings. The topological polar surface area (TPSA) is 56.1 Å². The first kappa shape index (κ1) is 12.7. The van der Waals surface area contributed by atoms with E-state index in [1.807, 2.05) is 23.7 Å². The van der Waals surface area contributed by atoms with Crippen LogP contribution in [-0.2, 0) is 11.8 Å². The number of hydrogen-bond donors (Lipinski definition) is 0. The lowest BCUT2D eigenvalue weighted by Gasteiger charge is -2.31. The molecule has 0 saturated carbocycles. The van der Waals surface area contributed by atoms with Gasteiger partial charge in [0.25, 0.3) is 0 Å². The van der Waals surface area contributed by atoms with Gasteiger partial charge < -0.3 is 14.2 Å². The summed E-state index contributed by atoms with van der Waals surface area (Å²) in [7, 11) is 1.94. The predicted octanol–water partition coefficient (Wildman–Crippen LogP) is 2.00. The molecule has 1 aromatic carbocycles. The molecule has 0 amide bonds. The summed E-state index contributed by atoms with van der Waals surface area (Å²) >= 11 is 1.72. The van der Waals surface area contributed by atoms with Gasteiger partial charge in [0.15, 0.2) is 11.0 Å². The van der Waals surface area contributed by atoms with E-state index in [0.717, 1.165) is 29.6 Å². The van der Waals surface area contributed by atoms with Crippen LogP contribution in [0, 0.1) is 0 Å². The molecule has 7 heteroatoms. The molecule has 21 heavy (non-hydrogen) atoms. The molecule has 0 bridgehead atoms. The van der Waals surface area contributed by atoms with Crippen LogP contribution in [0.25, 0.3) is 10.2 Å². The van der Waals surface area contributed by atoms with Gasteiger partial charge in [-0.05, 0) is 12.1 Å². The number of anilines is 1. The molecule has 108 valence electrons. The van der Waals surface area contributed by atoms with Crippen LogP contribution >= 0.6 is 11.3 Å². The van der Waals surface area contributed by atoms with E-state index < -0.39 is 0 Å². The fraction of sp³-hybridized carbons (Fsp3) is 0.357. The van der Waals surface area contributed by atoms with Crippen molar-refractivity contribution in [1.29, 1.82) is 0 Å². The van der Waals surface area contributed by atoms with Gasteiger partial charge in [0.1, 0.15) is 12.4 Å². The first-order valence-electron chi connectivity index (χ1n) is 6.87. The Bertz CT molecular complexity index is 734. The number of para-hydroxylation sites is 1. The van der Waals surface area contributed by atoms with E-state index in [0.29, 0.717) is 6.61 Å². The maximum atomic E-state index is 5.84. The Kier molecular flexibility index (Phi) is 3.08. The molecule has 0 aliphatic carbocycles. The molecule has 6 nitrogen and oxygen atoms in total. The summed E-state index contributed by atoms with van der Waals surface area (Å²) in [5.41, 5.74) is 1.05. The first-order valence-corrected chi connectivity index (χ1v) is 7.69. The van der Waals surface area contributed by atoms with Crippen LogP contribution in [0.15, 0.2) is 30.6 Å². The number of morpholine rings is 1. The molecule has 0 N–H and O–H groups in total. The molecule has 1 aliphatic rings. The van der Waals surface area contributed by atoms with Crippen LogP contribution in [0.4, 0.5) is 5.13 Å². The molecule has 0 spiro atoms. The molecule has 0 radical (unpaired) electrons. The summed E-state index contributed by atoms with van der Waals surface area (Å²) in [6.07, 6.45) is 1.65. The van der Waals surface area contributed by atoms with Gasteiger partial charge in [-0.3, -0.25) is 0 Å². The zero-order valence-corrected chi connectivity index (χ0v) is 12.5. The number of rotatable bonds is 2. The Morgan fingerprint density at radius 2 is 2.24 bits per heavy atom. The molecular formula is C14H15N5OS. The third-order valence-electron chi connectivity index (χ3n) is 3.65. The van der Waals surface area contributed by atoms with Crippen LogP contribution in [0.5, 0.6) is 0 Å². The lowest BCUT2D eigenvalue weighted by Crippen LogP contribution is -2.39. The second-order valence-electron chi connectivity index (χ2n) is 5.07. The maximum absolute atomic E-state index is 5.84. The van der Waals surface area contributed by atoms with Crippen LogP contribution < -0.4 is 4.90 Å². The van der Waals surface area contributed by atoms with Gasteiger partial charge in [0.2, 0.25) is 0 Å². The van der Waals surface area contributed by atoms with E-state index in [4.69, 9.17) is 9.72 Å². The average molecular weight is 301 g/mol. The highest BCUT2D eigenvalue weighted by Gasteiger charge is 2.27. The number of hydrogen-bond acceptors (Lipinski definition) is 6. The highest BCUT2D eigenvalue weighted by Crippen LogP contribution is 2.31. The predicted molar refractivity (Wildman–Crippen MR) is 81.5 cm³/mol. The zero-order chi connectivity index (χ0) is 14.2. The maximum Gasteiger partial charge on any atom is 0.186 e. The Hall–Kier alpha value is -1.99. The fourth-order valence-electron chi connectivity index (χ4n) is 2.56. The molecular weight excluding hydrogens is 286 g/mol. The average Bonchev–Trinajstić information content (AvgIpc) is 3.13. The van der Waals surface area contributed by atoms with Gasteiger partial charge in [-0.1, -0.05) is 23.5 Å². The van der Waals surface area contributed by atoms with Gasteiger partial charge in [0, 0.05) is 13.6 Å². The standard InChI is InChI=1S/C14H15N5OS/c1-18-9-15-17-13(18)11-8-19(6-7-20-11)14-16-10-4-2-3-5-12(10)21-14/h2-5,9,11H,6-8H2,1H3/t11-/m0/s1. The number of aryl methyl sites for hydroxylation is 1. The van der Waals surface area contributed by atoms with Crippen LogP contribution in [0.3, 0.4) is 0 Å². The van der Waals surface area contributed by atoms with Crippen molar-refractivity contribution in [3.8, 4) is 0 Å². The number of aromatic nitrogens is 4. The number of thiazole rings is 1. The van der Waals surface area contributed by atoms with E-state index in [2.05, 4.69) is 27.2 Å². The van der Waals surface area contributed by atoms with E-state index in [9.17, 15) is 0 Å². The number of benzene rings is 1. The monoisotopic (exact) mass is 301 g/mol.